The quantitative estimate of drug-likeness (QED) is 0.785. The molecule has 1 heterocycles. The second kappa shape index (κ2) is 8.27. The molecule has 0 aromatic heterocycles. The minimum absolute atomic E-state index is 0.0791. The Labute approximate surface area is 172 Å². The maximum atomic E-state index is 13.0. The number of hydrogen-bond acceptors (Lipinski definition) is 3. The lowest BCUT2D eigenvalue weighted by atomic mass is 10.1. The van der Waals surface area contributed by atoms with Crippen LogP contribution in [0.4, 0.5) is 11.4 Å². The topological polar surface area (TPSA) is 43.9 Å². The molecule has 29 heavy (non-hydrogen) atoms. The molecule has 1 aliphatic carbocycles. The number of nitrogens with zero attached hydrogens (tertiary/aromatic N) is 3. The van der Waals surface area contributed by atoms with E-state index in [-0.39, 0.29) is 23.7 Å². The smallest absolute Gasteiger partial charge is 0.230 e. The molecule has 0 N–H and O–H groups in total. The predicted octanol–water partition coefficient (Wildman–Crippen LogP) is 3.33. The monoisotopic (exact) mass is 391 g/mol. The number of benzene rings is 2. The van der Waals surface area contributed by atoms with E-state index in [0.29, 0.717) is 13.0 Å². The number of anilines is 2. The molecule has 4 rings (SSSR count). The highest BCUT2D eigenvalue weighted by Gasteiger charge is 2.51. The number of carbonyl (C=O) groups excluding carboxylic acids is 2. The van der Waals surface area contributed by atoms with E-state index in [2.05, 4.69) is 36.1 Å². The minimum atomic E-state index is -0.169. The van der Waals surface area contributed by atoms with Gasteiger partial charge in [0.25, 0.3) is 0 Å². The molecule has 0 spiro atoms. The van der Waals surface area contributed by atoms with E-state index < -0.39 is 0 Å². The van der Waals surface area contributed by atoms with Crippen LogP contribution >= 0.6 is 0 Å². The zero-order valence-corrected chi connectivity index (χ0v) is 17.3. The first-order valence-electron chi connectivity index (χ1n) is 10.6. The summed E-state index contributed by atoms with van der Waals surface area (Å²) in [5.74, 6) is -0.0879. The van der Waals surface area contributed by atoms with E-state index in [4.69, 9.17) is 0 Å². The predicted molar refractivity (Wildman–Crippen MR) is 116 cm³/mol. The van der Waals surface area contributed by atoms with Gasteiger partial charge in [0.1, 0.15) is 0 Å². The molecule has 2 aliphatic rings. The van der Waals surface area contributed by atoms with E-state index in [9.17, 15) is 9.59 Å². The van der Waals surface area contributed by atoms with Gasteiger partial charge in [0.2, 0.25) is 11.8 Å². The Kier molecular flexibility index (Phi) is 5.56. The second-order valence-corrected chi connectivity index (χ2v) is 8.02. The van der Waals surface area contributed by atoms with Crippen LogP contribution in [0.5, 0.6) is 0 Å². The molecule has 5 nitrogen and oxygen atoms in total. The van der Waals surface area contributed by atoms with E-state index in [0.717, 1.165) is 31.9 Å². The van der Waals surface area contributed by atoms with Crippen LogP contribution in [0.2, 0.25) is 0 Å². The van der Waals surface area contributed by atoms with Crippen LogP contribution in [-0.4, -0.2) is 49.4 Å². The molecule has 5 heteroatoms. The van der Waals surface area contributed by atoms with E-state index in [1.165, 1.54) is 11.3 Å². The summed E-state index contributed by atoms with van der Waals surface area (Å²) in [7, 11) is 0. The Hall–Kier alpha value is -2.82. The molecule has 2 atom stereocenters. The fraction of sp³-hybridized carbons (Fsp3) is 0.417. The van der Waals surface area contributed by atoms with Crippen molar-refractivity contribution in [2.24, 2.45) is 11.8 Å². The van der Waals surface area contributed by atoms with Crippen LogP contribution in [0.15, 0.2) is 54.6 Å². The highest BCUT2D eigenvalue weighted by Crippen LogP contribution is 2.42. The Balaban J connectivity index is 1.33. The van der Waals surface area contributed by atoms with Crippen molar-refractivity contribution in [3.63, 3.8) is 0 Å². The summed E-state index contributed by atoms with van der Waals surface area (Å²) in [5.41, 5.74) is 3.38. The number of para-hydroxylation sites is 1. The summed E-state index contributed by atoms with van der Waals surface area (Å²) in [6, 6.07) is 18.2. The lowest BCUT2D eigenvalue weighted by Crippen LogP contribution is -2.49. The van der Waals surface area contributed by atoms with Crippen molar-refractivity contribution in [2.75, 3.05) is 42.5 Å². The molecule has 0 bridgehead atoms. The Morgan fingerprint density at radius 3 is 2.34 bits per heavy atom. The Bertz CT molecular complexity index is 875. The number of hydrogen-bond donors (Lipinski definition) is 0. The van der Waals surface area contributed by atoms with Gasteiger partial charge in [-0.1, -0.05) is 30.3 Å². The zero-order chi connectivity index (χ0) is 20.4. The number of amides is 2. The van der Waals surface area contributed by atoms with Crippen molar-refractivity contribution in [2.45, 2.75) is 20.3 Å². The summed E-state index contributed by atoms with van der Waals surface area (Å²) in [5, 5.41) is 0. The molecule has 2 fully saturated rings. The fourth-order valence-electron chi connectivity index (χ4n) is 4.26. The number of piperazine rings is 1. The standard InChI is InChI=1S/C24H29N3O2/c1-3-27(19-9-5-4-6-10-19)24(29)22-17-21(22)23(28)26-14-12-25(13-15-26)20-11-7-8-18(2)16-20/h4-11,16,21-22H,3,12-15,17H2,1-2H3. The first-order chi connectivity index (χ1) is 14.1. The van der Waals surface area contributed by atoms with Gasteiger partial charge in [0.05, 0.1) is 11.8 Å². The van der Waals surface area contributed by atoms with Gasteiger partial charge in [0, 0.05) is 44.1 Å². The van der Waals surface area contributed by atoms with Crippen LogP contribution in [-0.2, 0) is 9.59 Å². The van der Waals surface area contributed by atoms with Gasteiger partial charge in [-0.2, -0.15) is 0 Å². The van der Waals surface area contributed by atoms with E-state index in [1.54, 1.807) is 4.90 Å². The van der Waals surface area contributed by atoms with Crippen LogP contribution in [0.25, 0.3) is 0 Å². The SMILES string of the molecule is CCN(C(=O)C1CC1C(=O)N1CCN(c2cccc(C)c2)CC1)c1ccccc1. The average molecular weight is 392 g/mol. The molecule has 2 aromatic carbocycles. The first kappa shape index (κ1) is 19.5. The minimum Gasteiger partial charge on any atom is -0.368 e. The number of rotatable bonds is 5. The van der Waals surface area contributed by atoms with Gasteiger partial charge < -0.3 is 14.7 Å². The zero-order valence-electron chi connectivity index (χ0n) is 17.3. The summed E-state index contributed by atoms with van der Waals surface area (Å²) < 4.78 is 0. The maximum Gasteiger partial charge on any atom is 0.230 e. The summed E-state index contributed by atoms with van der Waals surface area (Å²) >= 11 is 0. The summed E-state index contributed by atoms with van der Waals surface area (Å²) in [4.78, 5) is 32.0. The van der Waals surface area contributed by atoms with Gasteiger partial charge in [-0.25, -0.2) is 0 Å². The van der Waals surface area contributed by atoms with Gasteiger partial charge in [-0.15, -0.1) is 0 Å². The van der Waals surface area contributed by atoms with Crippen LogP contribution in [0.3, 0.4) is 0 Å². The molecule has 2 amide bonds. The van der Waals surface area contributed by atoms with Gasteiger partial charge in [-0.05, 0) is 50.1 Å². The largest absolute Gasteiger partial charge is 0.368 e. The van der Waals surface area contributed by atoms with Crippen LogP contribution in [0, 0.1) is 18.8 Å². The Morgan fingerprint density at radius 1 is 0.966 bits per heavy atom. The normalized spacial score (nSPS) is 21.0. The molecule has 1 saturated carbocycles. The van der Waals surface area contributed by atoms with E-state index >= 15 is 0 Å². The average Bonchev–Trinajstić information content (AvgIpc) is 3.55. The lowest BCUT2D eigenvalue weighted by molar-refractivity contribution is -0.134. The van der Waals surface area contributed by atoms with Crippen molar-refractivity contribution in [1.82, 2.24) is 4.90 Å². The molecular weight excluding hydrogens is 362 g/mol. The molecule has 1 saturated heterocycles. The van der Waals surface area contributed by atoms with Gasteiger partial charge in [0.15, 0.2) is 0 Å². The molecule has 1 aliphatic heterocycles. The maximum absolute atomic E-state index is 13.0. The molecule has 152 valence electrons. The fourth-order valence-corrected chi connectivity index (χ4v) is 4.26. The second-order valence-electron chi connectivity index (χ2n) is 8.02. The third-order valence-corrected chi connectivity index (χ3v) is 6.03. The highest BCUT2D eigenvalue weighted by atomic mass is 16.2. The van der Waals surface area contributed by atoms with Crippen molar-refractivity contribution >= 4 is 23.2 Å². The van der Waals surface area contributed by atoms with Crippen molar-refractivity contribution in [3.05, 3.63) is 60.2 Å². The molecule has 2 aromatic rings. The molecule has 2 unspecified atom stereocenters. The number of carbonyl (C=O) groups is 2. The Morgan fingerprint density at radius 2 is 1.69 bits per heavy atom. The molecule has 0 radical (unpaired) electrons. The van der Waals surface area contributed by atoms with E-state index in [1.807, 2.05) is 42.2 Å². The summed E-state index contributed by atoms with van der Waals surface area (Å²) in [6.45, 7) is 7.82. The van der Waals surface area contributed by atoms with Gasteiger partial charge in [-0.3, -0.25) is 9.59 Å². The first-order valence-corrected chi connectivity index (χ1v) is 10.6. The third-order valence-electron chi connectivity index (χ3n) is 6.03. The lowest BCUT2D eigenvalue weighted by Gasteiger charge is -2.36. The van der Waals surface area contributed by atoms with Gasteiger partial charge >= 0.3 is 0 Å². The highest BCUT2D eigenvalue weighted by molar-refractivity contribution is 6.01. The van der Waals surface area contributed by atoms with Crippen molar-refractivity contribution < 1.29 is 9.59 Å². The number of aryl methyl sites for hydroxylation is 1. The van der Waals surface area contributed by atoms with Crippen molar-refractivity contribution in [1.29, 1.82) is 0 Å². The third kappa shape index (κ3) is 4.14. The van der Waals surface area contributed by atoms with Crippen molar-refractivity contribution in [3.8, 4) is 0 Å². The van der Waals surface area contributed by atoms with Crippen LogP contribution in [0.1, 0.15) is 18.9 Å². The van der Waals surface area contributed by atoms with Crippen LogP contribution < -0.4 is 9.80 Å². The summed E-state index contributed by atoms with van der Waals surface area (Å²) in [6.07, 6.45) is 0.680. The molecular formula is C24H29N3O2.